The van der Waals surface area contributed by atoms with Crippen molar-refractivity contribution in [1.29, 1.82) is 0 Å². The van der Waals surface area contributed by atoms with E-state index in [-0.39, 0.29) is 0 Å². The minimum atomic E-state index is 0.715. The van der Waals surface area contributed by atoms with Crippen LogP contribution < -0.4 is 5.73 Å². The van der Waals surface area contributed by atoms with Crippen molar-refractivity contribution in [2.75, 3.05) is 5.73 Å². The van der Waals surface area contributed by atoms with Crippen LogP contribution in [0.3, 0.4) is 0 Å². The molecular weight excluding hydrogens is 238 g/mol. The zero-order valence-electron chi connectivity index (χ0n) is 10.0. The summed E-state index contributed by atoms with van der Waals surface area (Å²) in [7, 11) is 0. The number of imidazole rings is 1. The van der Waals surface area contributed by atoms with E-state index in [0.29, 0.717) is 5.69 Å². The van der Waals surface area contributed by atoms with E-state index in [2.05, 4.69) is 20.2 Å². The van der Waals surface area contributed by atoms with E-state index in [9.17, 15) is 0 Å². The van der Waals surface area contributed by atoms with Crippen LogP contribution in [-0.2, 0) is 0 Å². The van der Waals surface area contributed by atoms with Gasteiger partial charge in [0.15, 0.2) is 5.82 Å². The van der Waals surface area contributed by atoms with E-state index >= 15 is 0 Å². The van der Waals surface area contributed by atoms with Gasteiger partial charge in [-0.25, -0.2) is 4.98 Å². The predicted molar refractivity (Wildman–Crippen MR) is 75.6 cm³/mol. The molecule has 0 aliphatic rings. The van der Waals surface area contributed by atoms with E-state index < -0.39 is 0 Å². The molecule has 0 aliphatic heterocycles. The molecule has 4 aromatic rings. The lowest BCUT2D eigenvalue weighted by Gasteiger charge is -1.94. The van der Waals surface area contributed by atoms with Crippen LogP contribution in [0, 0.1) is 0 Å². The van der Waals surface area contributed by atoms with Gasteiger partial charge in [-0.2, -0.15) is 5.10 Å². The van der Waals surface area contributed by atoms with Gasteiger partial charge in [0.05, 0.1) is 16.6 Å². The molecular formula is C14H11N5. The van der Waals surface area contributed by atoms with Crippen molar-refractivity contribution in [2.45, 2.75) is 0 Å². The van der Waals surface area contributed by atoms with Crippen LogP contribution in [0.5, 0.6) is 0 Å². The van der Waals surface area contributed by atoms with Gasteiger partial charge < -0.3 is 10.7 Å². The van der Waals surface area contributed by atoms with E-state index in [1.807, 2.05) is 42.5 Å². The second-order valence-corrected chi connectivity index (χ2v) is 4.48. The first kappa shape index (κ1) is 10.1. The number of para-hydroxylation sites is 2. The monoisotopic (exact) mass is 249 g/mol. The number of nitrogens with zero attached hydrogens (tertiary/aromatic N) is 2. The molecule has 5 heteroatoms. The van der Waals surface area contributed by atoms with Crippen molar-refractivity contribution < 1.29 is 0 Å². The Morgan fingerprint density at radius 3 is 2.79 bits per heavy atom. The maximum absolute atomic E-state index is 5.76. The van der Waals surface area contributed by atoms with E-state index in [4.69, 9.17) is 5.73 Å². The van der Waals surface area contributed by atoms with Crippen molar-refractivity contribution in [3.05, 3.63) is 42.5 Å². The van der Waals surface area contributed by atoms with E-state index in [1.54, 1.807) is 0 Å². The Kier molecular flexibility index (Phi) is 1.91. The fourth-order valence-electron chi connectivity index (χ4n) is 2.28. The van der Waals surface area contributed by atoms with Crippen molar-refractivity contribution in [1.82, 2.24) is 20.2 Å². The van der Waals surface area contributed by atoms with Crippen molar-refractivity contribution in [3.8, 4) is 11.5 Å². The van der Waals surface area contributed by atoms with Gasteiger partial charge in [0.2, 0.25) is 0 Å². The SMILES string of the molecule is Nc1ccc2c(-c3nc4ccccc4[nH]3)n[nH]c2c1. The van der Waals surface area contributed by atoms with Crippen LogP contribution >= 0.6 is 0 Å². The third-order valence-corrected chi connectivity index (χ3v) is 3.20. The molecule has 0 saturated heterocycles. The lowest BCUT2D eigenvalue weighted by molar-refractivity contribution is 1.11. The molecule has 5 nitrogen and oxygen atoms in total. The fraction of sp³-hybridized carbons (Fsp3) is 0. The van der Waals surface area contributed by atoms with Gasteiger partial charge in [0, 0.05) is 11.1 Å². The first-order valence-electron chi connectivity index (χ1n) is 6.00. The molecule has 0 radical (unpaired) electrons. The minimum absolute atomic E-state index is 0.715. The van der Waals surface area contributed by atoms with Gasteiger partial charge >= 0.3 is 0 Å². The third-order valence-electron chi connectivity index (χ3n) is 3.20. The van der Waals surface area contributed by atoms with Crippen molar-refractivity contribution >= 4 is 27.6 Å². The average molecular weight is 249 g/mol. The Morgan fingerprint density at radius 2 is 1.89 bits per heavy atom. The summed E-state index contributed by atoms with van der Waals surface area (Å²) in [6.07, 6.45) is 0. The highest BCUT2D eigenvalue weighted by molar-refractivity contribution is 5.94. The fourth-order valence-corrected chi connectivity index (χ4v) is 2.28. The van der Waals surface area contributed by atoms with Crippen molar-refractivity contribution in [2.24, 2.45) is 0 Å². The molecule has 0 spiro atoms. The number of nitrogen functional groups attached to an aromatic ring is 1. The Hall–Kier alpha value is -2.82. The minimum Gasteiger partial charge on any atom is -0.399 e. The molecule has 0 bridgehead atoms. The van der Waals surface area contributed by atoms with Crippen LogP contribution in [-0.4, -0.2) is 20.2 Å². The van der Waals surface area contributed by atoms with Gasteiger partial charge in [0.1, 0.15) is 5.69 Å². The number of aromatic amines is 2. The van der Waals surface area contributed by atoms with Crippen molar-refractivity contribution in [3.63, 3.8) is 0 Å². The summed E-state index contributed by atoms with van der Waals surface area (Å²) < 4.78 is 0. The average Bonchev–Trinajstić information content (AvgIpc) is 3.00. The van der Waals surface area contributed by atoms with E-state index in [1.165, 1.54) is 0 Å². The molecule has 2 heterocycles. The zero-order chi connectivity index (χ0) is 12.8. The first-order chi connectivity index (χ1) is 9.31. The molecule has 2 aromatic heterocycles. The summed E-state index contributed by atoms with van der Waals surface area (Å²) in [4.78, 5) is 7.84. The quantitative estimate of drug-likeness (QED) is 0.453. The lowest BCUT2D eigenvalue weighted by atomic mass is 10.2. The smallest absolute Gasteiger partial charge is 0.159 e. The number of benzene rings is 2. The number of hydrogen-bond acceptors (Lipinski definition) is 3. The topological polar surface area (TPSA) is 83.4 Å². The Bertz CT molecular complexity index is 854. The molecule has 0 unspecified atom stereocenters. The van der Waals surface area contributed by atoms with Crippen LogP contribution in [0.1, 0.15) is 0 Å². The summed E-state index contributed by atoms with van der Waals surface area (Å²) in [5, 5.41) is 8.32. The summed E-state index contributed by atoms with van der Waals surface area (Å²) in [5.74, 6) is 0.761. The van der Waals surface area contributed by atoms with Crippen LogP contribution in [0.4, 0.5) is 5.69 Å². The number of hydrogen-bond donors (Lipinski definition) is 3. The molecule has 92 valence electrons. The van der Waals surface area contributed by atoms with Gasteiger partial charge in [0.25, 0.3) is 0 Å². The molecule has 4 N–H and O–H groups in total. The lowest BCUT2D eigenvalue weighted by Crippen LogP contribution is -1.83. The number of fused-ring (bicyclic) bond motifs is 2. The first-order valence-corrected chi connectivity index (χ1v) is 6.00. The summed E-state index contributed by atoms with van der Waals surface area (Å²) in [6.45, 7) is 0. The molecule has 0 aliphatic carbocycles. The Balaban J connectivity index is 1.98. The number of nitrogens with one attached hydrogen (secondary N) is 2. The molecule has 2 aromatic carbocycles. The highest BCUT2D eigenvalue weighted by atomic mass is 15.1. The number of nitrogens with two attached hydrogens (primary N) is 1. The zero-order valence-corrected chi connectivity index (χ0v) is 10.0. The van der Waals surface area contributed by atoms with Crippen LogP contribution in [0.25, 0.3) is 33.5 Å². The number of aromatic nitrogens is 4. The van der Waals surface area contributed by atoms with Gasteiger partial charge in [-0.1, -0.05) is 12.1 Å². The number of rotatable bonds is 1. The summed E-state index contributed by atoms with van der Waals surface area (Å²) in [5.41, 5.74) is 10.1. The van der Waals surface area contributed by atoms with Crippen LogP contribution in [0.15, 0.2) is 42.5 Å². The number of anilines is 1. The molecule has 19 heavy (non-hydrogen) atoms. The second kappa shape index (κ2) is 3.58. The van der Waals surface area contributed by atoms with Crippen LogP contribution in [0.2, 0.25) is 0 Å². The molecule has 0 amide bonds. The second-order valence-electron chi connectivity index (χ2n) is 4.48. The molecule has 0 saturated carbocycles. The maximum atomic E-state index is 5.76. The van der Waals surface area contributed by atoms with Gasteiger partial charge in [-0.3, -0.25) is 5.10 Å². The predicted octanol–water partition coefficient (Wildman–Crippen LogP) is 2.69. The van der Waals surface area contributed by atoms with Gasteiger partial charge in [-0.05, 0) is 30.3 Å². The van der Waals surface area contributed by atoms with E-state index in [0.717, 1.165) is 33.5 Å². The Labute approximate surface area is 108 Å². The maximum Gasteiger partial charge on any atom is 0.159 e. The normalized spacial score (nSPS) is 11.4. The molecule has 0 fully saturated rings. The highest BCUT2D eigenvalue weighted by Crippen LogP contribution is 2.26. The Morgan fingerprint density at radius 1 is 1.00 bits per heavy atom. The summed E-state index contributed by atoms with van der Waals surface area (Å²) >= 11 is 0. The summed E-state index contributed by atoms with van der Waals surface area (Å²) in [6, 6.07) is 13.6. The highest BCUT2D eigenvalue weighted by Gasteiger charge is 2.12. The largest absolute Gasteiger partial charge is 0.399 e. The third kappa shape index (κ3) is 1.48. The molecule has 0 atom stereocenters. The van der Waals surface area contributed by atoms with Gasteiger partial charge in [-0.15, -0.1) is 0 Å². The molecule has 4 rings (SSSR count). The number of H-pyrrole nitrogens is 2. The standard InChI is InChI=1S/C14H11N5/c15-8-5-6-9-12(7-8)18-19-13(9)14-16-10-3-1-2-4-11(10)17-14/h1-7H,15H2,(H,16,17)(H,18,19).